The summed E-state index contributed by atoms with van der Waals surface area (Å²) in [4.78, 5) is 5.35. The molecule has 0 N–H and O–H groups in total. The van der Waals surface area contributed by atoms with Crippen molar-refractivity contribution in [3.63, 3.8) is 0 Å². The van der Waals surface area contributed by atoms with E-state index in [-0.39, 0.29) is 0 Å². The molecule has 2 aliphatic heterocycles. The summed E-state index contributed by atoms with van der Waals surface area (Å²) in [6.07, 6.45) is 2.30. The van der Waals surface area contributed by atoms with Gasteiger partial charge in [0.25, 0.3) is 0 Å². The van der Waals surface area contributed by atoms with Gasteiger partial charge in [0.05, 0.1) is 12.0 Å². The number of methoxy groups -OCH3 is 1. The number of nitrogens with zero attached hydrogens (tertiary/aromatic N) is 3. The van der Waals surface area contributed by atoms with Gasteiger partial charge < -0.3 is 4.74 Å². The molecule has 7 heteroatoms. The average molecular weight is 430 g/mol. The minimum Gasteiger partial charge on any atom is -0.497 e. The first-order valence-electron chi connectivity index (χ1n) is 10.7. The van der Waals surface area contributed by atoms with Crippen LogP contribution in [0, 0.1) is 0 Å². The number of hydrogen-bond donors (Lipinski definition) is 0. The van der Waals surface area contributed by atoms with Gasteiger partial charge in [-0.1, -0.05) is 30.3 Å². The quantitative estimate of drug-likeness (QED) is 0.707. The number of piperidine rings is 1. The molecule has 0 bridgehead atoms. The summed E-state index contributed by atoms with van der Waals surface area (Å²) in [6, 6.07) is 17.9. The zero-order valence-electron chi connectivity index (χ0n) is 17.6. The van der Waals surface area contributed by atoms with Crippen LogP contribution in [0.1, 0.15) is 18.4 Å². The molecule has 2 heterocycles. The van der Waals surface area contributed by atoms with Crippen molar-refractivity contribution >= 4 is 10.0 Å². The Bertz CT molecular complexity index is 902. The number of piperazine rings is 1. The second-order valence-corrected chi connectivity index (χ2v) is 10.0. The van der Waals surface area contributed by atoms with Crippen LogP contribution in [-0.2, 0) is 16.6 Å². The molecular weight excluding hydrogens is 398 g/mol. The predicted octanol–water partition coefficient (Wildman–Crippen LogP) is 2.67. The largest absolute Gasteiger partial charge is 0.497 e. The number of ether oxygens (including phenoxy) is 1. The van der Waals surface area contributed by atoms with E-state index in [1.165, 1.54) is 5.56 Å². The molecule has 162 valence electrons. The van der Waals surface area contributed by atoms with Crippen molar-refractivity contribution in [2.75, 3.05) is 46.4 Å². The van der Waals surface area contributed by atoms with Gasteiger partial charge in [-0.05, 0) is 55.8 Å². The van der Waals surface area contributed by atoms with Gasteiger partial charge in [-0.15, -0.1) is 0 Å². The van der Waals surface area contributed by atoms with Crippen LogP contribution in [0.5, 0.6) is 5.75 Å². The highest BCUT2D eigenvalue weighted by molar-refractivity contribution is 7.89. The van der Waals surface area contributed by atoms with Crippen molar-refractivity contribution in [3.05, 3.63) is 60.2 Å². The van der Waals surface area contributed by atoms with E-state index in [1.807, 2.05) is 0 Å². The minimum atomic E-state index is -3.44. The number of benzene rings is 2. The van der Waals surface area contributed by atoms with E-state index in [0.29, 0.717) is 29.8 Å². The lowest BCUT2D eigenvalue weighted by Crippen LogP contribution is -2.54. The van der Waals surface area contributed by atoms with Crippen LogP contribution in [0.4, 0.5) is 0 Å². The van der Waals surface area contributed by atoms with Crippen LogP contribution >= 0.6 is 0 Å². The molecule has 6 nitrogen and oxygen atoms in total. The Morgan fingerprint density at radius 3 is 2.10 bits per heavy atom. The maximum atomic E-state index is 12.9. The van der Waals surface area contributed by atoms with E-state index in [0.717, 1.165) is 45.6 Å². The van der Waals surface area contributed by atoms with Gasteiger partial charge in [-0.25, -0.2) is 8.42 Å². The second kappa shape index (κ2) is 9.47. The topological polar surface area (TPSA) is 53.1 Å². The first kappa shape index (κ1) is 21.3. The average Bonchev–Trinajstić information content (AvgIpc) is 2.80. The van der Waals surface area contributed by atoms with Crippen molar-refractivity contribution in [3.8, 4) is 5.75 Å². The summed E-state index contributed by atoms with van der Waals surface area (Å²) in [5.41, 5.74) is 1.37. The zero-order valence-corrected chi connectivity index (χ0v) is 18.4. The van der Waals surface area contributed by atoms with Gasteiger partial charge in [0, 0.05) is 38.8 Å². The fourth-order valence-electron chi connectivity index (χ4n) is 4.49. The Labute approximate surface area is 180 Å². The normalized spacial score (nSPS) is 20.3. The Morgan fingerprint density at radius 2 is 1.50 bits per heavy atom. The third-order valence-electron chi connectivity index (χ3n) is 6.29. The standard InChI is InChI=1S/C23H31N3O3S/c1-29-22-7-9-23(10-8-22)30(27,28)26-17-15-25(16-18-26)21-11-13-24(14-12-21)19-20-5-3-2-4-6-20/h2-10,21H,11-19H2,1H3. The van der Waals surface area contributed by atoms with Crippen LogP contribution < -0.4 is 4.74 Å². The summed E-state index contributed by atoms with van der Waals surface area (Å²) >= 11 is 0. The second-order valence-electron chi connectivity index (χ2n) is 8.11. The molecule has 30 heavy (non-hydrogen) atoms. The number of hydrogen-bond acceptors (Lipinski definition) is 5. The first-order valence-corrected chi connectivity index (χ1v) is 12.1. The summed E-state index contributed by atoms with van der Waals surface area (Å²) in [5, 5.41) is 0. The molecule has 2 aromatic rings. The van der Waals surface area contributed by atoms with Crippen LogP contribution in [-0.4, -0.2) is 74.9 Å². The van der Waals surface area contributed by atoms with Crippen molar-refractivity contribution < 1.29 is 13.2 Å². The van der Waals surface area contributed by atoms with E-state index in [2.05, 4.69) is 40.1 Å². The summed E-state index contributed by atoms with van der Waals surface area (Å²) in [6.45, 7) is 5.93. The Hall–Kier alpha value is -1.93. The molecule has 2 aromatic carbocycles. The Kier molecular flexibility index (Phi) is 6.73. The zero-order chi connectivity index (χ0) is 21.0. The van der Waals surface area contributed by atoms with Gasteiger partial charge >= 0.3 is 0 Å². The predicted molar refractivity (Wildman–Crippen MR) is 118 cm³/mol. The van der Waals surface area contributed by atoms with Gasteiger partial charge in [-0.2, -0.15) is 4.31 Å². The highest BCUT2D eigenvalue weighted by atomic mass is 32.2. The lowest BCUT2D eigenvalue weighted by molar-refractivity contribution is 0.0786. The van der Waals surface area contributed by atoms with Crippen molar-refractivity contribution in [2.24, 2.45) is 0 Å². The Morgan fingerprint density at radius 1 is 0.867 bits per heavy atom. The molecule has 0 radical (unpaired) electrons. The SMILES string of the molecule is COc1ccc(S(=O)(=O)N2CCN(C3CCN(Cc4ccccc4)CC3)CC2)cc1. The van der Waals surface area contributed by atoms with E-state index in [9.17, 15) is 8.42 Å². The number of sulfonamides is 1. The van der Waals surface area contributed by atoms with E-state index in [1.54, 1.807) is 35.7 Å². The third kappa shape index (κ3) is 4.86. The maximum absolute atomic E-state index is 12.9. The molecule has 0 aliphatic carbocycles. The van der Waals surface area contributed by atoms with Crippen molar-refractivity contribution in [2.45, 2.75) is 30.3 Å². The molecule has 0 spiro atoms. The molecule has 0 aromatic heterocycles. The fourth-order valence-corrected chi connectivity index (χ4v) is 5.91. The highest BCUT2D eigenvalue weighted by Crippen LogP contribution is 2.24. The molecule has 0 saturated carbocycles. The monoisotopic (exact) mass is 429 g/mol. The van der Waals surface area contributed by atoms with Gasteiger partial charge in [0.2, 0.25) is 10.0 Å². The van der Waals surface area contributed by atoms with Crippen LogP contribution in [0.15, 0.2) is 59.5 Å². The number of rotatable bonds is 6. The Balaban J connectivity index is 1.27. The third-order valence-corrected chi connectivity index (χ3v) is 8.21. The fraction of sp³-hybridized carbons (Fsp3) is 0.478. The summed E-state index contributed by atoms with van der Waals surface area (Å²) < 4.78 is 32.6. The van der Waals surface area contributed by atoms with Gasteiger partial charge in [-0.3, -0.25) is 9.80 Å². The molecular formula is C23H31N3O3S. The first-order chi connectivity index (χ1) is 14.6. The smallest absolute Gasteiger partial charge is 0.243 e. The number of likely N-dealkylation sites (tertiary alicyclic amines) is 1. The van der Waals surface area contributed by atoms with Gasteiger partial charge in [0.15, 0.2) is 0 Å². The lowest BCUT2D eigenvalue weighted by atomic mass is 10.0. The summed E-state index contributed by atoms with van der Waals surface area (Å²) in [7, 11) is -1.86. The molecule has 4 rings (SSSR count). The van der Waals surface area contributed by atoms with E-state index < -0.39 is 10.0 Å². The van der Waals surface area contributed by atoms with Crippen molar-refractivity contribution in [1.29, 1.82) is 0 Å². The van der Waals surface area contributed by atoms with Gasteiger partial charge in [0.1, 0.15) is 5.75 Å². The van der Waals surface area contributed by atoms with Crippen LogP contribution in [0.2, 0.25) is 0 Å². The highest BCUT2D eigenvalue weighted by Gasteiger charge is 2.32. The van der Waals surface area contributed by atoms with Crippen molar-refractivity contribution in [1.82, 2.24) is 14.1 Å². The van der Waals surface area contributed by atoms with Crippen LogP contribution in [0.3, 0.4) is 0 Å². The molecule has 0 atom stereocenters. The maximum Gasteiger partial charge on any atom is 0.243 e. The van der Waals surface area contributed by atoms with Crippen LogP contribution in [0.25, 0.3) is 0 Å². The summed E-state index contributed by atoms with van der Waals surface area (Å²) in [5.74, 6) is 0.664. The van der Waals surface area contributed by atoms with E-state index >= 15 is 0 Å². The molecule has 2 aliphatic rings. The lowest BCUT2D eigenvalue weighted by Gasteiger charge is -2.42. The molecule has 0 amide bonds. The molecule has 2 saturated heterocycles. The molecule has 0 unspecified atom stereocenters. The minimum absolute atomic E-state index is 0.339. The van der Waals surface area contributed by atoms with E-state index in [4.69, 9.17) is 4.74 Å². The molecule has 2 fully saturated rings.